The maximum absolute atomic E-state index is 11.7. The minimum Gasteiger partial charge on any atom is -0.392 e. The molecule has 2 N–H and O–H groups in total. The molecule has 1 amide bonds. The molecule has 1 aromatic heterocycles. The van der Waals surface area contributed by atoms with Gasteiger partial charge in [0, 0.05) is 24.5 Å². The summed E-state index contributed by atoms with van der Waals surface area (Å²) >= 11 is 0. The molecule has 2 aromatic rings. The lowest BCUT2D eigenvalue weighted by atomic mass is 10.1. The topological polar surface area (TPSA) is 67.2 Å². The quantitative estimate of drug-likeness (QED) is 0.843. The van der Waals surface area contributed by atoms with E-state index in [1.54, 1.807) is 25.3 Å². The molecular weight excluding hydrogens is 242 g/mol. The SMILES string of the molecule is CC(O)CNC(=O)c1ccc(Cn2cccn2)cc1. The molecule has 0 aliphatic heterocycles. The summed E-state index contributed by atoms with van der Waals surface area (Å²) in [6.45, 7) is 2.57. The molecule has 0 spiro atoms. The molecule has 1 unspecified atom stereocenters. The number of aromatic nitrogens is 2. The third-order valence-electron chi connectivity index (χ3n) is 2.68. The number of aliphatic hydroxyl groups is 1. The molecule has 1 atom stereocenters. The minimum absolute atomic E-state index is 0.175. The smallest absolute Gasteiger partial charge is 0.251 e. The molecule has 0 aliphatic carbocycles. The van der Waals surface area contributed by atoms with Gasteiger partial charge in [-0.05, 0) is 30.7 Å². The maximum atomic E-state index is 11.7. The van der Waals surface area contributed by atoms with Crippen molar-refractivity contribution in [2.75, 3.05) is 6.54 Å². The Balaban J connectivity index is 1.96. The van der Waals surface area contributed by atoms with Gasteiger partial charge in [0.25, 0.3) is 5.91 Å². The van der Waals surface area contributed by atoms with E-state index >= 15 is 0 Å². The molecule has 2 rings (SSSR count). The van der Waals surface area contributed by atoms with Crippen molar-refractivity contribution in [2.24, 2.45) is 0 Å². The zero-order chi connectivity index (χ0) is 13.7. The largest absolute Gasteiger partial charge is 0.392 e. The summed E-state index contributed by atoms with van der Waals surface area (Å²) in [5, 5.41) is 15.9. The van der Waals surface area contributed by atoms with E-state index in [-0.39, 0.29) is 12.5 Å². The van der Waals surface area contributed by atoms with Gasteiger partial charge in [-0.15, -0.1) is 0 Å². The van der Waals surface area contributed by atoms with Crippen molar-refractivity contribution in [1.29, 1.82) is 0 Å². The summed E-state index contributed by atoms with van der Waals surface area (Å²) in [6, 6.07) is 9.22. The number of nitrogens with zero attached hydrogens (tertiary/aromatic N) is 2. The highest BCUT2D eigenvalue weighted by atomic mass is 16.3. The molecule has 0 saturated carbocycles. The predicted molar refractivity (Wildman–Crippen MR) is 71.8 cm³/mol. The van der Waals surface area contributed by atoms with Crippen LogP contribution in [0.2, 0.25) is 0 Å². The second-order valence-electron chi connectivity index (χ2n) is 4.46. The molecule has 0 saturated heterocycles. The van der Waals surface area contributed by atoms with E-state index in [0.717, 1.165) is 5.56 Å². The van der Waals surface area contributed by atoms with Crippen molar-refractivity contribution in [2.45, 2.75) is 19.6 Å². The van der Waals surface area contributed by atoms with Crippen LogP contribution in [0.5, 0.6) is 0 Å². The maximum Gasteiger partial charge on any atom is 0.251 e. The lowest BCUT2D eigenvalue weighted by Crippen LogP contribution is -2.30. The summed E-state index contributed by atoms with van der Waals surface area (Å²) in [4.78, 5) is 11.7. The number of amides is 1. The van der Waals surface area contributed by atoms with E-state index in [9.17, 15) is 4.79 Å². The van der Waals surface area contributed by atoms with E-state index < -0.39 is 6.10 Å². The Morgan fingerprint density at radius 3 is 2.74 bits per heavy atom. The second-order valence-corrected chi connectivity index (χ2v) is 4.46. The molecule has 0 bridgehead atoms. The zero-order valence-electron chi connectivity index (χ0n) is 10.8. The van der Waals surface area contributed by atoms with Gasteiger partial charge in [0.15, 0.2) is 0 Å². The molecule has 1 heterocycles. The molecule has 19 heavy (non-hydrogen) atoms. The van der Waals surface area contributed by atoms with E-state index in [4.69, 9.17) is 5.11 Å². The van der Waals surface area contributed by atoms with Gasteiger partial charge in [-0.2, -0.15) is 5.10 Å². The van der Waals surface area contributed by atoms with Crippen LogP contribution in [0.4, 0.5) is 0 Å². The van der Waals surface area contributed by atoms with Crippen LogP contribution in [-0.4, -0.2) is 33.4 Å². The van der Waals surface area contributed by atoms with Gasteiger partial charge in [0.1, 0.15) is 0 Å². The normalized spacial score (nSPS) is 12.1. The van der Waals surface area contributed by atoms with Crippen molar-refractivity contribution in [3.8, 4) is 0 Å². The number of aliphatic hydroxyl groups excluding tert-OH is 1. The highest BCUT2D eigenvalue weighted by Gasteiger charge is 2.06. The minimum atomic E-state index is -0.539. The van der Waals surface area contributed by atoms with Gasteiger partial charge in [0.05, 0.1) is 12.6 Å². The van der Waals surface area contributed by atoms with Crippen LogP contribution in [-0.2, 0) is 6.54 Å². The Hall–Kier alpha value is -2.14. The Morgan fingerprint density at radius 2 is 2.16 bits per heavy atom. The van der Waals surface area contributed by atoms with E-state index in [1.807, 2.05) is 29.1 Å². The number of hydrogen-bond acceptors (Lipinski definition) is 3. The first-order valence-corrected chi connectivity index (χ1v) is 6.18. The fourth-order valence-corrected chi connectivity index (χ4v) is 1.69. The highest BCUT2D eigenvalue weighted by Crippen LogP contribution is 2.06. The first-order valence-electron chi connectivity index (χ1n) is 6.18. The van der Waals surface area contributed by atoms with Crippen molar-refractivity contribution in [3.05, 3.63) is 53.9 Å². The van der Waals surface area contributed by atoms with Crippen molar-refractivity contribution in [1.82, 2.24) is 15.1 Å². The average molecular weight is 259 g/mol. The zero-order valence-corrected chi connectivity index (χ0v) is 10.8. The summed E-state index contributed by atoms with van der Waals surface area (Å²) in [7, 11) is 0. The molecule has 5 heteroatoms. The molecule has 1 aromatic carbocycles. The number of carbonyl (C=O) groups is 1. The molecule has 0 aliphatic rings. The fraction of sp³-hybridized carbons (Fsp3) is 0.286. The second kappa shape index (κ2) is 6.15. The molecule has 100 valence electrons. The van der Waals surface area contributed by atoms with Crippen molar-refractivity contribution < 1.29 is 9.90 Å². The highest BCUT2D eigenvalue weighted by molar-refractivity contribution is 5.94. The van der Waals surface area contributed by atoms with Crippen LogP contribution in [0.3, 0.4) is 0 Å². The Morgan fingerprint density at radius 1 is 1.42 bits per heavy atom. The molecule has 0 fully saturated rings. The van der Waals surface area contributed by atoms with Crippen LogP contribution in [0.1, 0.15) is 22.8 Å². The van der Waals surface area contributed by atoms with Gasteiger partial charge in [-0.1, -0.05) is 12.1 Å². The van der Waals surface area contributed by atoms with Crippen LogP contribution in [0, 0.1) is 0 Å². The lowest BCUT2D eigenvalue weighted by molar-refractivity contribution is 0.0924. The first kappa shape index (κ1) is 13.3. The van der Waals surface area contributed by atoms with E-state index in [2.05, 4.69) is 10.4 Å². The fourth-order valence-electron chi connectivity index (χ4n) is 1.69. The van der Waals surface area contributed by atoms with Crippen molar-refractivity contribution >= 4 is 5.91 Å². The van der Waals surface area contributed by atoms with Crippen LogP contribution >= 0.6 is 0 Å². The standard InChI is InChI=1S/C14H17N3O2/c1-11(18)9-15-14(19)13-5-3-12(4-6-13)10-17-8-2-7-16-17/h2-8,11,18H,9-10H2,1H3,(H,15,19). The number of carbonyl (C=O) groups excluding carboxylic acids is 1. The Bertz CT molecular complexity index is 518. The molecular formula is C14H17N3O2. The van der Waals surface area contributed by atoms with Gasteiger partial charge < -0.3 is 10.4 Å². The van der Waals surface area contributed by atoms with Crippen LogP contribution in [0.25, 0.3) is 0 Å². The predicted octanol–water partition coefficient (Wildman–Crippen LogP) is 1.04. The van der Waals surface area contributed by atoms with Crippen LogP contribution < -0.4 is 5.32 Å². The summed E-state index contributed by atoms with van der Waals surface area (Å²) in [6.07, 6.45) is 3.09. The number of rotatable bonds is 5. The molecule has 5 nitrogen and oxygen atoms in total. The van der Waals surface area contributed by atoms with Crippen LogP contribution in [0.15, 0.2) is 42.7 Å². The first-order chi connectivity index (χ1) is 9.15. The Kier molecular flexibility index (Phi) is 4.30. The summed E-state index contributed by atoms with van der Waals surface area (Å²) < 4.78 is 1.82. The lowest BCUT2D eigenvalue weighted by Gasteiger charge is -2.08. The van der Waals surface area contributed by atoms with Crippen molar-refractivity contribution in [3.63, 3.8) is 0 Å². The third kappa shape index (κ3) is 3.93. The van der Waals surface area contributed by atoms with E-state index in [1.165, 1.54) is 0 Å². The van der Waals surface area contributed by atoms with Gasteiger partial charge in [0.2, 0.25) is 0 Å². The average Bonchev–Trinajstić information content (AvgIpc) is 2.89. The summed E-state index contributed by atoms with van der Waals surface area (Å²) in [5.74, 6) is -0.175. The molecule has 0 radical (unpaired) electrons. The third-order valence-corrected chi connectivity index (χ3v) is 2.68. The number of benzene rings is 1. The number of nitrogens with one attached hydrogen (secondary N) is 1. The summed E-state index contributed by atoms with van der Waals surface area (Å²) in [5.41, 5.74) is 1.67. The van der Waals surface area contributed by atoms with Gasteiger partial charge in [-0.3, -0.25) is 9.48 Å². The Labute approximate surface area is 111 Å². The monoisotopic (exact) mass is 259 g/mol. The van der Waals surface area contributed by atoms with Gasteiger partial charge >= 0.3 is 0 Å². The van der Waals surface area contributed by atoms with Gasteiger partial charge in [-0.25, -0.2) is 0 Å². The number of hydrogen-bond donors (Lipinski definition) is 2. The van der Waals surface area contributed by atoms with E-state index in [0.29, 0.717) is 12.1 Å².